The highest BCUT2D eigenvalue weighted by molar-refractivity contribution is 14.1. The summed E-state index contributed by atoms with van der Waals surface area (Å²) in [5.74, 6) is 0. The Morgan fingerprint density at radius 3 is 2.60 bits per heavy atom. The largest absolute Gasteiger partial charge is 0.260 e. The van der Waals surface area contributed by atoms with Crippen LogP contribution in [0.2, 0.25) is 0 Å². The van der Waals surface area contributed by atoms with Gasteiger partial charge in [-0.3, -0.25) is 4.98 Å². The fraction of sp³-hybridized carbons (Fsp3) is 0.286. The molecular weight excluding hydrogens is 352 g/mol. The van der Waals surface area contributed by atoms with Gasteiger partial charge < -0.3 is 0 Å². The number of rotatable bonds is 2. The van der Waals surface area contributed by atoms with E-state index in [9.17, 15) is 0 Å². The van der Waals surface area contributed by atoms with Crippen molar-refractivity contribution in [2.75, 3.05) is 0 Å². The quantitative estimate of drug-likeness (QED) is 0.585. The predicted molar refractivity (Wildman–Crippen MR) is 59.7 cm³/mol. The molecule has 0 saturated carbocycles. The number of hydrogen-bond acceptors (Lipinski definition) is 1. The molecule has 0 fully saturated rings. The maximum absolute atomic E-state index is 4.26. The molecule has 0 aliphatic rings. The molecule has 0 radical (unpaired) electrons. The molecule has 1 rings (SSSR count). The van der Waals surface area contributed by atoms with Crippen molar-refractivity contribution in [2.45, 2.75) is 8.86 Å². The van der Waals surface area contributed by atoms with Gasteiger partial charge in [0.1, 0.15) is 0 Å². The van der Waals surface area contributed by atoms with Crippen LogP contribution < -0.4 is 0 Å². The molecule has 0 saturated heterocycles. The molecule has 0 atom stereocenters. The zero-order valence-corrected chi connectivity index (χ0v) is 9.66. The highest BCUT2D eigenvalue weighted by Gasteiger charge is 1.97. The predicted octanol–water partition coefficient (Wildman–Crippen LogP) is 2.95. The van der Waals surface area contributed by atoms with E-state index in [0.29, 0.717) is 0 Å². The van der Waals surface area contributed by atoms with Crippen LogP contribution in [-0.4, -0.2) is 4.98 Å². The Kier molecular flexibility index (Phi) is 3.90. The van der Waals surface area contributed by atoms with E-state index >= 15 is 0 Å². The van der Waals surface area contributed by atoms with Gasteiger partial charge >= 0.3 is 0 Å². The second kappa shape index (κ2) is 4.48. The highest BCUT2D eigenvalue weighted by Crippen LogP contribution is 2.12. The first-order valence-corrected chi connectivity index (χ1v) is 5.98. The minimum Gasteiger partial charge on any atom is -0.260 e. The molecule has 0 spiro atoms. The number of hydrogen-bond donors (Lipinski definition) is 0. The van der Waals surface area contributed by atoms with Crippen molar-refractivity contribution in [3.05, 3.63) is 29.6 Å². The molecule has 0 unspecified atom stereocenters. The second-order valence-electron chi connectivity index (χ2n) is 1.88. The van der Waals surface area contributed by atoms with E-state index in [2.05, 4.69) is 56.2 Å². The topological polar surface area (TPSA) is 12.9 Å². The first-order chi connectivity index (χ1) is 4.88. The van der Waals surface area contributed by atoms with E-state index in [0.717, 1.165) is 8.86 Å². The van der Waals surface area contributed by atoms with Crippen LogP contribution in [0, 0.1) is 0 Å². The van der Waals surface area contributed by atoms with Crippen molar-refractivity contribution in [2.24, 2.45) is 0 Å². The van der Waals surface area contributed by atoms with E-state index in [1.54, 1.807) is 0 Å². The van der Waals surface area contributed by atoms with Gasteiger partial charge in [0, 0.05) is 15.1 Å². The van der Waals surface area contributed by atoms with Crippen LogP contribution in [0.15, 0.2) is 18.3 Å². The molecular formula is C7H7I2N. The van der Waals surface area contributed by atoms with E-state index in [4.69, 9.17) is 0 Å². The number of pyridine rings is 1. The van der Waals surface area contributed by atoms with Crippen LogP contribution >= 0.6 is 45.2 Å². The summed E-state index contributed by atoms with van der Waals surface area (Å²) in [6.45, 7) is 0. The lowest BCUT2D eigenvalue weighted by Crippen LogP contribution is -1.89. The van der Waals surface area contributed by atoms with Gasteiger partial charge in [-0.1, -0.05) is 51.2 Å². The number of aromatic nitrogens is 1. The molecule has 10 heavy (non-hydrogen) atoms. The summed E-state index contributed by atoms with van der Waals surface area (Å²) in [5.41, 5.74) is 2.58. The molecule has 0 aromatic carbocycles. The van der Waals surface area contributed by atoms with Gasteiger partial charge in [0.15, 0.2) is 0 Å². The Balaban J connectivity index is 2.96. The summed E-state index contributed by atoms with van der Waals surface area (Å²) >= 11 is 4.70. The molecule has 0 bridgehead atoms. The summed E-state index contributed by atoms with van der Waals surface area (Å²) < 4.78 is 2.07. The monoisotopic (exact) mass is 359 g/mol. The Labute approximate surface area is 87.9 Å². The van der Waals surface area contributed by atoms with Gasteiger partial charge in [0.05, 0.1) is 5.69 Å². The Bertz CT molecular complexity index is 190. The van der Waals surface area contributed by atoms with Crippen molar-refractivity contribution in [1.29, 1.82) is 0 Å². The SMILES string of the molecule is ICc1cccnc1CI. The fourth-order valence-corrected chi connectivity index (χ4v) is 2.09. The minimum atomic E-state index is 1.01. The third kappa shape index (κ3) is 2.05. The number of alkyl halides is 2. The second-order valence-corrected chi connectivity index (χ2v) is 3.40. The molecule has 1 nitrogen and oxygen atoms in total. The summed E-state index contributed by atoms with van der Waals surface area (Å²) in [6.07, 6.45) is 1.85. The Morgan fingerprint density at radius 1 is 1.30 bits per heavy atom. The van der Waals surface area contributed by atoms with E-state index in [1.807, 2.05) is 12.3 Å². The van der Waals surface area contributed by atoms with Crippen LogP contribution in [0.1, 0.15) is 11.3 Å². The summed E-state index contributed by atoms with van der Waals surface area (Å²) in [6, 6.07) is 4.12. The standard InChI is InChI=1S/C7H7I2N/c8-4-6-2-1-3-10-7(6)5-9/h1-3H,4-5H2. The van der Waals surface area contributed by atoms with Crippen LogP contribution in [0.3, 0.4) is 0 Å². The molecule has 0 N–H and O–H groups in total. The van der Waals surface area contributed by atoms with E-state index in [1.165, 1.54) is 11.3 Å². The molecule has 0 aliphatic carbocycles. The van der Waals surface area contributed by atoms with Crippen molar-refractivity contribution in [1.82, 2.24) is 4.98 Å². The molecule has 1 heterocycles. The van der Waals surface area contributed by atoms with Crippen LogP contribution in [0.4, 0.5) is 0 Å². The molecule has 0 amide bonds. The van der Waals surface area contributed by atoms with E-state index in [-0.39, 0.29) is 0 Å². The minimum absolute atomic E-state index is 1.01. The zero-order chi connectivity index (χ0) is 7.40. The Morgan fingerprint density at radius 2 is 2.10 bits per heavy atom. The van der Waals surface area contributed by atoms with Crippen molar-refractivity contribution >= 4 is 45.2 Å². The van der Waals surface area contributed by atoms with Gasteiger partial charge in [0.2, 0.25) is 0 Å². The summed E-state index contributed by atoms with van der Waals surface area (Å²) in [7, 11) is 0. The maximum Gasteiger partial charge on any atom is 0.0540 e. The summed E-state index contributed by atoms with van der Waals surface area (Å²) in [4.78, 5) is 4.26. The Hall–Kier alpha value is 0.610. The lowest BCUT2D eigenvalue weighted by Gasteiger charge is -1.99. The maximum atomic E-state index is 4.26. The van der Waals surface area contributed by atoms with Crippen LogP contribution in [0.25, 0.3) is 0 Å². The fourth-order valence-electron chi connectivity index (χ4n) is 0.713. The first kappa shape index (κ1) is 8.70. The van der Waals surface area contributed by atoms with Crippen molar-refractivity contribution in [3.8, 4) is 0 Å². The average Bonchev–Trinajstić information content (AvgIpc) is 2.04. The smallest absolute Gasteiger partial charge is 0.0540 e. The zero-order valence-electron chi connectivity index (χ0n) is 5.35. The lowest BCUT2D eigenvalue weighted by atomic mass is 10.2. The molecule has 1 aromatic rings. The highest BCUT2D eigenvalue weighted by atomic mass is 127. The lowest BCUT2D eigenvalue weighted by molar-refractivity contribution is 1.14. The van der Waals surface area contributed by atoms with Gasteiger partial charge in [-0.15, -0.1) is 0 Å². The summed E-state index contributed by atoms with van der Waals surface area (Å²) in [5, 5.41) is 0. The van der Waals surface area contributed by atoms with Gasteiger partial charge in [0.25, 0.3) is 0 Å². The van der Waals surface area contributed by atoms with Gasteiger partial charge in [-0.2, -0.15) is 0 Å². The molecule has 1 aromatic heterocycles. The van der Waals surface area contributed by atoms with Crippen molar-refractivity contribution in [3.63, 3.8) is 0 Å². The molecule has 3 heteroatoms. The van der Waals surface area contributed by atoms with Gasteiger partial charge in [-0.05, 0) is 11.6 Å². The molecule has 0 aliphatic heterocycles. The average molecular weight is 359 g/mol. The number of halogens is 2. The first-order valence-electron chi connectivity index (χ1n) is 2.93. The number of nitrogens with zero attached hydrogens (tertiary/aromatic N) is 1. The van der Waals surface area contributed by atoms with Crippen LogP contribution in [-0.2, 0) is 8.86 Å². The van der Waals surface area contributed by atoms with E-state index < -0.39 is 0 Å². The third-order valence-electron chi connectivity index (χ3n) is 1.26. The van der Waals surface area contributed by atoms with Crippen LogP contribution in [0.5, 0.6) is 0 Å². The third-order valence-corrected chi connectivity index (χ3v) is 2.80. The van der Waals surface area contributed by atoms with Gasteiger partial charge in [-0.25, -0.2) is 0 Å². The van der Waals surface area contributed by atoms with Crippen molar-refractivity contribution < 1.29 is 0 Å². The normalized spacial score (nSPS) is 9.80. The molecule has 54 valence electrons.